The molecule has 2 N–H and O–H groups in total. The van der Waals surface area contributed by atoms with Gasteiger partial charge in [-0.2, -0.15) is 0 Å². The van der Waals surface area contributed by atoms with Crippen LogP contribution in [0.5, 0.6) is 5.75 Å². The molecule has 1 aromatic carbocycles. The molecule has 1 aliphatic rings. The van der Waals surface area contributed by atoms with Gasteiger partial charge in [0, 0.05) is 17.4 Å². The quantitative estimate of drug-likeness (QED) is 0.728. The van der Waals surface area contributed by atoms with Gasteiger partial charge in [0.05, 0.1) is 6.61 Å². The summed E-state index contributed by atoms with van der Waals surface area (Å²) in [5.74, 6) is 0.238. The molecule has 0 saturated heterocycles. The van der Waals surface area contributed by atoms with Crippen molar-refractivity contribution >= 4 is 22.8 Å². The summed E-state index contributed by atoms with van der Waals surface area (Å²) in [5.41, 5.74) is 1.04. The Balaban J connectivity index is 1.69. The van der Waals surface area contributed by atoms with Gasteiger partial charge in [0.1, 0.15) is 18.0 Å². The second-order valence-electron chi connectivity index (χ2n) is 7.22. The highest BCUT2D eigenvalue weighted by Crippen LogP contribution is 2.26. The van der Waals surface area contributed by atoms with Crippen LogP contribution < -0.4 is 5.32 Å². The molecule has 3 rings (SSSR count). The summed E-state index contributed by atoms with van der Waals surface area (Å²) >= 11 is 0. The number of phenolic OH excluding ortho intramolecular Hbond substituents is 1. The summed E-state index contributed by atoms with van der Waals surface area (Å²) < 4.78 is 6.77. The Kier molecular flexibility index (Phi) is 6.37. The van der Waals surface area contributed by atoms with Gasteiger partial charge in [0.25, 0.3) is 0 Å². The highest BCUT2D eigenvalue weighted by molar-refractivity contribution is 5.97. The van der Waals surface area contributed by atoms with Crippen LogP contribution in [0.15, 0.2) is 24.3 Å². The number of amides is 1. The number of phenols is 1. The van der Waals surface area contributed by atoms with Gasteiger partial charge in [-0.1, -0.05) is 32.1 Å². The predicted octanol–water partition coefficient (Wildman–Crippen LogP) is 3.61. The maximum absolute atomic E-state index is 12.5. The van der Waals surface area contributed by atoms with E-state index in [1.807, 2.05) is 0 Å². The topological polar surface area (TPSA) is 80.6 Å². The second-order valence-corrected chi connectivity index (χ2v) is 7.22. The molecule has 0 spiro atoms. The smallest absolute Gasteiger partial charge is 0.354 e. The van der Waals surface area contributed by atoms with Crippen molar-refractivity contribution in [2.45, 2.75) is 52.0 Å². The summed E-state index contributed by atoms with van der Waals surface area (Å²) in [6.45, 7) is 2.72. The average molecular weight is 372 g/mol. The lowest BCUT2D eigenvalue weighted by Gasteiger charge is -2.21. The molecule has 1 aromatic heterocycles. The maximum atomic E-state index is 12.5. The first kappa shape index (κ1) is 19.3. The van der Waals surface area contributed by atoms with Crippen molar-refractivity contribution in [2.24, 2.45) is 5.92 Å². The van der Waals surface area contributed by atoms with Gasteiger partial charge >= 0.3 is 5.97 Å². The SMILES string of the molecule is CCOC(=O)c1cc2cc(O)ccc2n1CC(=O)NCCC1CCCCC1. The first-order valence-corrected chi connectivity index (χ1v) is 9.84. The monoisotopic (exact) mass is 372 g/mol. The van der Waals surface area contributed by atoms with Gasteiger partial charge in [0.15, 0.2) is 0 Å². The van der Waals surface area contributed by atoms with Crippen LogP contribution in [-0.2, 0) is 16.1 Å². The van der Waals surface area contributed by atoms with E-state index in [2.05, 4.69) is 5.32 Å². The molecule has 0 unspecified atom stereocenters. The zero-order valence-electron chi connectivity index (χ0n) is 15.9. The number of benzene rings is 1. The molecular formula is C21H28N2O4. The molecule has 1 saturated carbocycles. The highest BCUT2D eigenvalue weighted by atomic mass is 16.5. The molecule has 1 fully saturated rings. The number of nitrogens with one attached hydrogen (secondary N) is 1. The lowest BCUT2D eigenvalue weighted by atomic mass is 9.87. The third-order valence-electron chi connectivity index (χ3n) is 5.27. The van der Waals surface area contributed by atoms with Gasteiger partial charge in [-0.05, 0) is 43.5 Å². The van der Waals surface area contributed by atoms with E-state index in [-0.39, 0.29) is 24.8 Å². The van der Waals surface area contributed by atoms with Crippen LogP contribution >= 0.6 is 0 Å². The fourth-order valence-corrected chi connectivity index (χ4v) is 3.89. The molecule has 0 atom stereocenters. The molecular weight excluding hydrogens is 344 g/mol. The molecule has 2 aromatic rings. The molecule has 1 heterocycles. The largest absolute Gasteiger partial charge is 0.508 e. The Morgan fingerprint density at radius 3 is 2.74 bits per heavy atom. The van der Waals surface area contributed by atoms with Crippen molar-refractivity contribution in [2.75, 3.05) is 13.2 Å². The summed E-state index contributed by atoms with van der Waals surface area (Å²) in [7, 11) is 0. The van der Waals surface area contributed by atoms with Crippen molar-refractivity contribution in [3.05, 3.63) is 30.0 Å². The van der Waals surface area contributed by atoms with E-state index < -0.39 is 5.97 Å². The van der Waals surface area contributed by atoms with Crippen molar-refractivity contribution in [1.82, 2.24) is 9.88 Å². The van der Waals surface area contributed by atoms with Gasteiger partial charge in [0.2, 0.25) is 5.91 Å². The molecule has 0 aliphatic heterocycles. The number of carbonyl (C=O) groups is 2. The molecule has 146 valence electrons. The molecule has 1 amide bonds. The summed E-state index contributed by atoms with van der Waals surface area (Å²) in [6, 6.07) is 6.50. The number of hydrogen-bond donors (Lipinski definition) is 2. The molecule has 27 heavy (non-hydrogen) atoms. The Labute approximate surface area is 159 Å². The standard InChI is InChI=1S/C21H28N2O4/c1-2-27-21(26)19-13-16-12-17(24)8-9-18(16)23(19)14-20(25)22-11-10-15-6-4-3-5-7-15/h8-9,12-13,15,24H,2-7,10-11,14H2,1H3,(H,22,25). The number of aromatic nitrogens is 1. The van der Waals surface area contributed by atoms with E-state index in [4.69, 9.17) is 4.74 Å². The number of ether oxygens (including phenoxy) is 1. The summed E-state index contributed by atoms with van der Waals surface area (Å²) in [4.78, 5) is 24.7. The zero-order chi connectivity index (χ0) is 19.2. The molecule has 1 aliphatic carbocycles. The Hall–Kier alpha value is -2.50. The van der Waals surface area contributed by atoms with E-state index >= 15 is 0 Å². The third-order valence-corrected chi connectivity index (χ3v) is 5.27. The van der Waals surface area contributed by atoms with E-state index in [9.17, 15) is 14.7 Å². The van der Waals surface area contributed by atoms with Gasteiger partial charge in [-0.15, -0.1) is 0 Å². The first-order chi connectivity index (χ1) is 13.1. The van der Waals surface area contributed by atoms with Crippen molar-refractivity contribution < 1.29 is 19.4 Å². The lowest BCUT2D eigenvalue weighted by molar-refractivity contribution is -0.121. The van der Waals surface area contributed by atoms with Crippen molar-refractivity contribution in [3.8, 4) is 5.75 Å². The predicted molar refractivity (Wildman–Crippen MR) is 104 cm³/mol. The van der Waals surface area contributed by atoms with Crippen LogP contribution in [0.25, 0.3) is 10.9 Å². The maximum Gasteiger partial charge on any atom is 0.354 e. The Morgan fingerprint density at radius 2 is 2.00 bits per heavy atom. The highest BCUT2D eigenvalue weighted by Gasteiger charge is 2.19. The number of carbonyl (C=O) groups excluding carboxylic acids is 2. The van der Waals surface area contributed by atoms with Crippen LogP contribution in [0.4, 0.5) is 0 Å². The second kappa shape index (κ2) is 8.93. The number of aromatic hydroxyl groups is 1. The summed E-state index contributed by atoms with van der Waals surface area (Å²) in [5, 5.41) is 13.4. The zero-order valence-corrected chi connectivity index (χ0v) is 15.9. The lowest BCUT2D eigenvalue weighted by Crippen LogP contribution is -2.30. The van der Waals surface area contributed by atoms with Crippen LogP contribution in [0, 0.1) is 5.92 Å². The third kappa shape index (κ3) is 4.81. The fraction of sp³-hybridized carbons (Fsp3) is 0.524. The Bertz CT molecular complexity index is 806. The minimum Gasteiger partial charge on any atom is -0.508 e. The van der Waals surface area contributed by atoms with E-state index in [0.717, 1.165) is 11.9 Å². The average Bonchev–Trinajstić information content (AvgIpc) is 3.00. The molecule has 6 nitrogen and oxygen atoms in total. The van der Waals surface area contributed by atoms with E-state index in [0.29, 0.717) is 23.5 Å². The molecule has 0 bridgehead atoms. The van der Waals surface area contributed by atoms with E-state index in [1.54, 1.807) is 35.8 Å². The van der Waals surface area contributed by atoms with Gasteiger partial charge < -0.3 is 19.7 Å². The number of esters is 1. The molecule has 0 radical (unpaired) electrons. The van der Waals surface area contributed by atoms with Crippen molar-refractivity contribution in [3.63, 3.8) is 0 Å². The van der Waals surface area contributed by atoms with E-state index in [1.165, 1.54) is 32.1 Å². The van der Waals surface area contributed by atoms with Crippen LogP contribution in [-0.4, -0.2) is 34.7 Å². The number of rotatable bonds is 7. The minimum absolute atomic E-state index is 0.0487. The molecule has 6 heteroatoms. The Morgan fingerprint density at radius 1 is 1.22 bits per heavy atom. The first-order valence-electron chi connectivity index (χ1n) is 9.84. The van der Waals surface area contributed by atoms with Gasteiger partial charge in [-0.3, -0.25) is 4.79 Å². The number of nitrogens with zero attached hydrogens (tertiary/aromatic N) is 1. The fourth-order valence-electron chi connectivity index (χ4n) is 3.89. The van der Waals surface area contributed by atoms with Crippen LogP contribution in [0.2, 0.25) is 0 Å². The van der Waals surface area contributed by atoms with Crippen LogP contribution in [0.3, 0.4) is 0 Å². The summed E-state index contributed by atoms with van der Waals surface area (Å²) in [6.07, 6.45) is 7.45. The van der Waals surface area contributed by atoms with Crippen LogP contribution in [0.1, 0.15) is 55.9 Å². The van der Waals surface area contributed by atoms with Gasteiger partial charge in [-0.25, -0.2) is 4.79 Å². The van der Waals surface area contributed by atoms with Crippen molar-refractivity contribution in [1.29, 1.82) is 0 Å². The number of fused-ring (bicyclic) bond motifs is 1. The number of hydrogen-bond acceptors (Lipinski definition) is 4. The minimum atomic E-state index is -0.469. The normalized spacial score (nSPS) is 15.0.